The average Bonchev–Trinajstić information content (AvgIpc) is 2.11. The average molecular weight is 247 g/mol. The van der Waals surface area contributed by atoms with Gasteiger partial charge in [-0.25, -0.2) is 4.79 Å². The SMILES string of the molecule is CCCCCC1OC(=O)C=CC1Br. The van der Waals surface area contributed by atoms with Gasteiger partial charge in [0.05, 0.1) is 4.83 Å². The first-order valence-electron chi connectivity index (χ1n) is 4.77. The van der Waals surface area contributed by atoms with Crippen molar-refractivity contribution in [2.24, 2.45) is 0 Å². The topological polar surface area (TPSA) is 26.3 Å². The second-order valence-corrected chi connectivity index (χ2v) is 4.33. The summed E-state index contributed by atoms with van der Waals surface area (Å²) in [6, 6.07) is 0. The molecule has 74 valence electrons. The highest BCUT2D eigenvalue weighted by Gasteiger charge is 2.23. The third-order valence-electron chi connectivity index (χ3n) is 2.13. The molecule has 2 atom stereocenters. The first-order valence-corrected chi connectivity index (χ1v) is 5.68. The number of hydrogen-bond acceptors (Lipinski definition) is 2. The second kappa shape index (κ2) is 5.43. The van der Waals surface area contributed by atoms with Crippen LogP contribution in [0, 0.1) is 0 Å². The van der Waals surface area contributed by atoms with Crippen LogP contribution in [0.4, 0.5) is 0 Å². The zero-order valence-electron chi connectivity index (χ0n) is 7.83. The highest BCUT2D eigenvalue weighted by Crippen LogP contribution is 2.21. The Morgan fingerprint density at radius 3 is 3.00 bits per heavy atom. The van der Waals surface area contributed by atoms with Gasteiger partial charge in [0.1, 0.15) is 6.10 Å². The largest absolute Gasteiger partial charge is 0.458 e. The summed E-state index contributed by atoms with van der Waals surface area (Å²) >= 11 is 3.47. The van der Waals surface area contributed by atoms with E-state index in [1.165, 1.54) is 18.9 Å². The Labute approximate surface area is 87.5 Å². The van der Waals surface area contributed by atoms with Crippen LogP contribution in [-0.2, 0) is 9.53 Å². The number of esters is 1. The van der Waals surface area contributed by atoms with E-state index in [2.05, 4.69) is 22.9 Å². The molecule has 0 bridgehead atoms. The Morgan fingerprint density at radius 2 is 2.31 bits per heavy atom. The Morgan fingerprint density at radius 1 is 1.54 bits per heavy atom. The number of rotatable bonds is 4. The van der Waals surface area contributed by atoms with Gasteiger partial charge in [0.25, 0.3) is 0 Å². The minimum Gasteiger partial charge on any atom is -0.458 e. The second-order valence-electron chi connectivity index (χ2n) is 3.27. The lowest BCUT2D eigenvalue weighted by molar-refractivity contribution is -0.143. The van der Waals surface area contributed by atoms with E-state index in [0.29, 0.717) is 0 Å². The minimum absolute atomic E-state index is 0.0315. The van der Waals surface area contributed by atoms with Gasteiger partial charge in [0.2, 0.25) is 0 Å². The maximum atomic E-state index is 10.9. The van der Waals surface area contributed by atoms with E-state index in [0.717, 1.165) is 12.8 Å². The van der Waals surface area contributed by atoms with Crippen molar-refractivity contribution < 1.29 is 9.53 Å². The lowest BCUT2D eigenvalue weighted by Gasteiger charge is -2.23. The molecule has 0 aliphatic carbocycles. The number of unbranched alkanes of at least 4 members (excludes halogenated alkanes) is 2. The van der Waals surface area contributed by atoms with Crippen molar-refractivity contribution >= 4 is 21.9 Å². The Bertz CT molecular complexity index is 201. The van der Waals surface area contributed by atoms with Crippen LogP contribution in [0.3, 0.4) is 0 Å². The van der Waals surface area contributed by atoms with E-state index in [4.69, 9.17) is 4.74 Å². The number of hydrogen-bond donors (Lipinski definition) is 0. The van der Waals surface area contributed by atoms with E-state index in [1.807, 2.05) is 6.08 Å². The van der Waals surface area contributed by atoms with Crippen molar-refractivity contribution in [2.45, 2.75) is 43.5 Å². The quantitative estimate of drug-likeness (QED) is 0.433. The van der Waals surface area contributed by atoms with Crippen LogP contribution in [-0.4, -0.2) is 16.9 Å². The number of carbonyl (C=O) groups is 1. The molecule has 1 aliphatic rings. The highest BCUT2D eigenvalue weighted by molar-refractivity contribution is 9.09. The molecule has 0 spiro atoms. The Balaban J connectivity index is 2.32. The van der Waals surface area contributed by atoms with Crippen molar-refractivity contribution in [3.05, 3.63) is 12.2 Å². The summed E-state index contributed by atoms with van der Waals surface area (Å²) in [4.78, 5) is 11.1. The summed E-state index contributed by atoms with van der Waals surface area (Å²) < 4.78 is 5.17. The molecule has 0 aromatic carbocycles. The minimum atomic E-state index is -0.211. The fourth-order valence-corrected chi connectivity index (χ4v) is 1.89. The van der Waals surface area contributed by atoms with Crippen LogP contribution in [0.5, 0.6) is 0 Å². The van der Waals surface area contributed by atoms with Crippen LogP contribution >= 0.6 is 15.9 Å². The van der Waals surface area contributed by atoms with Crippen LogP contribution in [0.1, 0.15) is 32.6 Å². The molecule has 0 radical (unpaired) electrons. The van der Waals surface area contributed by atoms with Crippen molar-refractivity contribution in [2.75, 3.05) is 0 Å². The summed E-state index contributed by atoms with van der Waals surface area (Å²) in [7, 11) is 0. The van der Waals surface area contributed by atoms with Gasteiger partial charge in [0.15, 0.2) is 0 Å². The van der Waals surface area contributed by atoms with Crippen LogP contribution in [0.15, 0.2) is 12.2 Å². The number of cyclic esters (lactones) is 1. The van der Waals surface area contributed by atoms with E-state index in [-0.39, 0.29) is 16.9 Å². The molecule has 2 unspecified atom stereocenters. The standard InChI is InChI=1S/C10H15BrO2/c1-2-3-4-5-9-8(11)6-7-10(12)13-9/h6-9H,2-5H2,1H3. The zero-order chi connectivity index (χ0) is 9.68. The molecule has 0 aromatic heterocycles. The van der Waals surface area contributed by atoms with Crippen molar-refractivity contribution in [1.29, 1.82) is 0 Å². The first-order chi connectivity index (χ1) is 6.24. The fraction of sp³-hybridized carbons (Fsp3) is 0.700. The van der Waals surface area contributed by atoms with E-state index >= 15 is 0 Å². The predicted molar refractivity (Wildman–Crippen MR) is 55.9 cm³/mol. The van der Waals surface area contributed by atoms with Crippen LogP contribution in [0.25, 0.3) is 0 Å². The maximum Gasteiger partial charge on any atom is 0.330 e. The molecule has 0 saturated carbocycles. The maximum absolute atomic E-state index is 10.9. The molecule has 0 aromatic rings. The highest BCUT2D eigenvalue weighted by atomic mass is 79.9. The van der Waals surface area contributed by atoms with Crippen molar-refractivity contribution in [1.82, 2.24) is 0 Å². The van der Waals surface area contributed by atoms with E-state index in [1.54, 1.807) is 0 Å². The Hall–Kier alpha value is -0.310. The van der Waals surface area contributed by atoms with Gasteiger partial charge in [-0.3, -0.25) is 0 Å². The lowest BCUT2D eigenvalue weighted by Crippen LogP contribution is -2.29. The van der Waals surface area contributed by atoms with E-state index in [9.17, 15) is 4.79 Å². The number of alkyl halides is 1. The molecule has 13 heavy (non-hydrogen) atoms. The van der Waals surface area contributed by atoms with Crippen LogP contribution < -0.4 is 0 Å². The summed E-state index contributed by atoms with van der Waals surface area (Å²) in [6.45, 7) is 2.17. The predicted octanol–water partition coefficient (Wildman–Crippen LogP) is 2.81. The molecule has 0 amide bonds. The monoisotopic (exact) mass is 246 g/mol. The molecule has 2 nitrogen and oxygen atoms in total. The first kappa shape index (κ1) is 10.8. The summed E-state index contributed by atoms with van der Waals surface area (Å²) in [5.74, 6) is -0.211. The molecule has 0 fully saturated rings. The van der Waals surface area contributed by atoms with Gasteiger partial charge < -0.3 is 4.74 Å². The zero-order valence-corrected chi connectivity index (χ0v) is 9.42. The molecular formula is C10H15BrO2. The normalized spacial score (nSPS) is 27.4. The number of carbonyl (C=O) groups excluding carboxylic acids is 1. The van der Waals surface area contributed by atoms with E-state index < -0.39 is 0 Å². The van der Waals surface area contributed by atoms with Crippen molar-refractivity contribution in [3.63, 3.8) is 0 Å². The van der Waals surface area contributed by atoms with Gasteiger partial charge in [0, 0.05) is 6.08 Å². The molecule has 3 heteroatoms. The van der Waals surface area contributed by atoms with Crippen molar-refractivity contribution in [3.8, 4) is 0 Å². The van der Waals surface area contributed by atoms with Gasteiger partial charge in [-0.05, 0) is 12.8 Å². The smallest absolute Gasteiger partial charge is 0.330 e. The molecule has 1 rings (SSSR count). The third kappa shape index (κ3) is 3.51. The molecule has 1 heterocycles. The molecule has 0 saturated heterocycles. The molecular weight excluding hydrogens is 232 g/mol. The van der Waals surface area contributed by atoms with Gasteiger partial charge in [-0.15, -0.1) is 0 Å². The lowest BCUT2D eigenvalue weighted by atomic mass is 10.1. The Kier molecular flexibility index (Phi) is 4.50. The number of ether oxygens (including phenoxy) is 1. The van der Waals surface area contributed by atoms with Gasteiger partial charge >= 0.3 is 5.97 Å². The third-order valence-corrected chi connectivity index (χ3v) is 3.03. The van der Waals surface area contributed by atoms with Crippen LogP contribution in [0.2, 0.25) is 0 Å². The van der Waals surface area contributed by atoms with Gasteiger partial charge in [-0.1, -0.05) is 41.8 Å². The summed E-state index contributed by atoms with van der Waals surface area (Å²) in [6.07, 6.45) is 7.87. The summed E-state index contributed by atoms with van der Waals surface area (Å²) in [5, 5.41) is 0. The number of halogens is 1. The molecule has 1 aliphatic heterocycles. The summed E-state index contributed by atoms with van der Waals surface area (Å²) in [5.41, 5.74) is 0. The molecule has 0 N–H and O–H groups in total. The van der Waals surface area contributed by atoms with Gasteiger partial charge in [-0.2, -0.15) is 0 Å². The fourth-order valence-electron chi connectivity index (χ4n) is 1.36.